The summed E-state index contributed by atoms with van der Waals surface area (Å²) in [6.07, 6.45) is 10.7. The molecule has 0 radical (unpaired) electrons. The van der Waals surface area contributed by atoms with Crippen molar-refractivity contribution in [3.8, 4) is 0 Å². The van der Waals surface area contributed by atoms with Crippen LogP contribution in [0.4, 0.5) is 0 Å². The van der Waals surface area contributed by atoms with Gasteiger partial charge in [-0.3, -0.25) is 0 Å². The fourth-order valence-electron chi connectivity index (χ4n) is 3.54. The largest absolute Gasteiger partial charge is 0.324 e. The van der Waals surface area contributed by atoms with Crippen molar-refractivity contribution in [2.24, 2.45) is 5.73 Å². The number of nitrogens with two attached hydrogens (primary N) is 1. The van der Waals surface area contributed by atoms with Crippen LogP contribution in [0.3, 0.4) is 0 Å². The quantitative estimate of drug-likeness (QED) is 0.771. The number of benzene rings is 1. The summed E-state index contributed by atoms with van der Waals surface area (Å²) < 4.78 is 0. The molecule has 0 aliphatic heterocycles. The Bertz CT molecular complexity index is 391. The summed E-state index contributed by atoms with van der Waals surface area (Å²) in [6.45, 7) is 0. The minimum atomic E-state index is 0.294. The first-order chi connectivity index (χ1) is 8.34. The highest BCUT2D eigenvalue weighted by molar-refractivity contribution is 5.37. The van der Waals surface area contributed by atoms with Crippen molar-refractivity contribution in [3.63, 3.8) is 0 Å². The lowest BCUT2D eigenvalue weighted by Gasteiger charge is -2.26. The molecule has 1 aromatic carbocycles. The third-order valence-corrected chi connectivity index (χ3v) is 4.61. The summed E-state index contributed by atoms with van der Waals surface area (Å²) >= 11 is 0. The lowest BCUT2D eigenvalue weighted by molar-refractivity contribution is 0.442. The van der Waals surface area contributed by atoms with Gasteiger partial charge in [-0.1, -0.05) is 37.5 Å². The zero-order valence-corrected chi connectivity index (χ0v) is 10.6. The molecule has 17 heavy (non-hydrogen) atoms. The van der Waals surface area contributed by atoms with Crippen LogP contribution in [0.2, 0.25) is 0 Å². The van der Waals surface area contributed by atoms with Crippen LogP contribution in [0, 0.1) is 0 Å². The van der Waals surface area contributed by atoms with E-state index in [2.05, 4.69) is 18.2 Å². The SMILES string of the molecule is N[C@@H]1CCCc2ccc(C3CCCCC3)cc21. The van der Waals surface area contributed by atoms with Crippen LogP contribution in [-0.4, -0.2) is 0 Å². The minimum Gasteiger partial charge on any atom is -0.324 e. The van der Waals surface area contributed by atoms with Crippen molar-refractivity contribution in [2.45, 2.75) is 63.3 Å². The zero-order chi connectivity index (χ0) is 11.7. The van der Waals surface area contributed by atoms with Gasteiger partial charge in [0.25, 0.3) is 0 Å². The van der Waals surface area contributed by atoms with Gasteiger partial charge >= 0.3 is 0 Å². The second kappa shape index (κ2) is 4.81. The molecule has 1 saturated carbocycles. The maximum Gasteiger partial charge on any atom is 0.0297 e. The minimum absolute atomic E-state index is 0.294. The molecule has 2 N–H and O–H groups in total. The van der Waals surface area contributed by atoms with E-state index in [-0.39, 0.29) is 0 Å². The van der Waals surface area contributed by atoms with Crippen LogP contribution < -0.4 is 5.73 Å². The van der Waals surface area contributed by atoms with Gasteiger partial charge in [-0.2, -0.15) is 0 Å². The molecular weight excluding hydrogens is 206 g/mol. The summed E-state index contributed by atoms with van der Waals surface area (Å²) in [5.41, 5.74) is 10.7. The standard InChI is InChI=1S/C16H23N/c17-16-8-4-7-13-9-10-14(11-15(13)16)12-5-2-1-3-6-12/h9-12,16H,1-8,17H2/t16-/m1/s1. The molecule has 1 atom stereocenters. The van der Waals surface area contributed by atoms with Gasteiger partial charge in [-0.05, 0) is 54.7 Å². The summed E-state index contributed by atoms with van der Waals surface area (Å²) in [7, 11) is 0. The normalized spacial score (nSPS) is 25.6. The first-order valence-electron chi connectivity index (χ1n) is 7.23. The second-order valence-corrected chi connectivity index (χ2v) is 5.79. The Morgan fingerprint density at radius 3 is 2.59 bits per heavy atom. The molecule has 0 saturated heterocycles. The Morgan fingerprint density at radius 2 is 1.76 bits per heavy atom. The van der Waals surface area contributed by atoms with E-state index in [1.165, 1.54) is 62.5 Å². The van der Waals surface area contributed by atoms with Crippen LogP contribution in [-0.2, 0) is 6.42 Å². The highest BCUT2D eigenvalue weighted by Crippen LogP contribution is 2.36. The zero-order valence-electron chi connectivity index (χ0n) is 10.6. The van der Waals surface area contributed by atoms with Gasteiger partial charge in [0.15, 0.2) is 0 Å². The molecule has 0 unspecified atom stereocenters. The molecule has 0 spiro atoms. The van der Waals surface area contributed by atoms with Crippen molar-refractivity contribution in [3.05, 3.63) is 34.9 Å². The van der Waals surface area contributed by atoms with Crippen molar-refractivity contribution in [2.75, 3.05) is 0 Å². The van der Waals surface area contributed by atoms with E-state index in [0.29, 0.717) is 6.04 Å². The van der Waals surface area contributed by atoms with Crippen molar-refractivity contribution >= 4 is 0 Å². The van der Waals surface area contributed by atoms with Crippen molar-refractivity contribution < 1.29 is 0 Å². The molecule has 0 aromatic heterocycles. The Labute approximate surface area is 104 Å². The predicted molar refractivity (Wildman–Crippen MR) is 72.1 cm³/mol. The van der Waals surface area contributed by atoms with Gasteiger partial charge in [-0.25, -0.2) is 0 Å². The number of fused-ring (bicyclic) bond motifs is 1. The fourth-order valence-corrected chi connectivity index (χ4v) is 3.54. The number of rotatable bonds is 1. The summed E-state index contributed by atoms with van der Waals surface area (Å²) in [6, 6.07) is 7.43. The molecule has 3 rings (SSSR count). The van der Waals surface area contributed by atoms with Gasteiger partial charge < -0.3 is 5.73 Å². The van der Waals surface area contributed by atoms with E-state index >= 15 is 0 Å². The highest BCUT2D eigenvalue weighted by Gasteiger charge is 2.20. The van der Waals surface area contributed by atoms with Crippen LogP contribution in [0.15, 0.2) is 18.2 Å². The lowest BCUT2D eigenvalue weighted by atomic mass is 9.80. The van der Waals surface area contributed by atoms with Gasteiger partial charge in [0, 0.05) is 6.04 Å². The molecular formula is C16H23N. The van der Waals surface area contributed by atoms with E-state index < -0.39 is 0 Å². The smallest absolute Gasteiger partial charge is 0.0297 e. The molecule has 2 aliphatic carbocycles. The molecule has 1 aromatic rings. The first-order valence-corrected chi connectivity index (χ1v) is 7.23. The molecule has 0 bridgehead atoms. The van der Waals surface area contributed by atoms with Gasteiger partial charge in [-0.15, -0.1) is 0 Å². The molecule has 1 fully saturated rings. The third-order valence-electron chi connectivity index (χ3n) is 4.61. The lowest BCUT2D eigenvalue weighted by Crippen LogP contribution is -2.18. The molecule has 0 amide bonds. The van der Waals surface area contributed by atoms with Gasteiger partial charge in [0.1, 0.15) is 0 Å². The van der Waals surface area contributed by atoms with Crippen molar-refractivity contribution in [1.82, 2.24) is 0 Å². The second-order valence-electron chi connectivity index (χ2n) is 5.79. The summed E-state index contributed by atoms with van der Waals surface area (Å²) in [5.74, 6) is 0.808. The summed E-state index contributed by atoms with van der Waals surface area (Å²) in [5, 5.41) is 0. The maximum atomic E-state index is 6.24. The average Bonchev–Trinajstić information content (AvgIpc) is 2.40. The molecule has 1 nitrogen and oxygen atoms in total. The van der Waals surface area contributed by atoms with E-state index in [9.17, 15) is 0 Å². The Hall–Kier alpha value is -0.820. The first kappa shape index (κ1) is 11.3. The van der Waals surface area contributed by atoms with Crippen LogP contribution in [0.5, 0.6) is 0 Å². The topological polar surface area (TPSA) is 26.0 Å². The number of hydrogen-bond donors (Lipinski definition) is 1. The van der Waals surface area contributed by atoms with E-state index in [0.717, 1.165) is 5.92 Å². The fraction of sp³-hybridized carbons (Fsp3) is 0.625. The van der Waals surface area contributed by atoms with E-state index in [1.807, 2.05) is 0 Å². The number of hydrogen-bond acceptors (Lipinski definition) is 1. The summed E-state index contributed by atoms with van der Waals surface area (Å²) in [4.78, 5) is 0. The Kier molecular flexibility index (Phi) is 3.19. The molecule has 1 heteroatoms. The Morgan fingerprint density at radius 1 is 0.941 bits per heavy atom. The molecule has 0 heterocycles. The molecule has 2 aliphatic rings. The van der Waals surface area contributed by atoms with Crippen LogP contribution >= 0.6 is 0 Å². The van der Waals surface area contributed by atoms with E-state index in [1.54, 1.807) is 5.56 Å². The average molecular weight is 229 g/mol. The van der Waals surface area contributed by atoms with E-state index in [4.69, 9.17) is 5.73 Å². The van der Waals surface area contributed by atoms with Crippen molar-refractivity contribution in [1.29, 1.82) is 0 Å². The third kappa shape index (κ3) is 2.26. The van der Waals surface area contributed by atoms with Crippen LogP contribution in [0.25, 0.3) is 0 Å². The van der Waals surface area contributed by atoms with Gasteiger partial charge in [0.2, 0.25) is 0 Å². The van der Waals surface area contributed by atoms with Crippen LogP contribution in [0.1, 0.15) is 73.6 Å². The van der Waals surface area contributed by atoms with Gasteiger partial charge in [0.05, 0.1) is 0 Å². The monoisotopic (exact) mass is 229 g/mol. The number of aryl methyl sites for hydroxylation is 1. The Balaban J connectivity index is 1.88. The predicted octanol–water partition coefficient (Wildman–Crippen LogP) is 4.07. The maximum absolute atomic E-state index is 6.24. The highest BCUT2D eigenvalue weighted by atomic mass is 14.6. The molecule has 92 valence electrons.